The number of carbonyl (C=O) groups excluding carboxylic acids is 2. The molecule has 1 aromatic heterocycles. The minimum atomic E-state index is -0.826. The zero-order chi connectivity index (χ0) is 26.4. The molecule has 0 saturated carbocycles. The second-order valence-corrected chi connectivity index (χ2v) is 9.03. The smallest absolute Gasteiger partial charge is 0.251 e. The van der Waals surface area contributed by atoms with Gasteiger partial charge in [-0.15, -0.1) is 10.2 Å². The van der Waals surface area contributed by atoms with Gasteiger partial charge in [-0.1, -0.05) is 42.3 Å². The lowest BCUT2D eigenvalue weighted by molar-refractivity contribution is -0.127. The van der Waals surface area contributed by atoms with Gasteiger partial charge in [0.15, 0.2) is 0 Å². The van der Waals surface area contributed by atoms with E-state index >= 15 is 0 Å². The Labute approximate surface area is 223 Å². The summed E-state index contributed by atoms with van der Waals surface area (Å²) in [6.45, 7) is 1.75. The third kappa shape index (κ3) is 6.69. The Morgan fingerprint density at radius 2 is 1.59 bits per heavy atom. The van der Waals surface area contributed by atoms with Gasteiger partial charge >= 0.3 is 0 Å². The van der Waals surface area contributed by atoms with Crippen molar-refractivity contribution in [3.05, 3.63) is 94.2 Å². The Morgan fingerprint density at radius 1 is 0.973 bits per heavy atom. The molecule has 8 nitrogen and oxygen atoms in total. The highest BCUT2D eigenvalue weighted by atomic mass is 35.5. The Balaban J connectivity index is 1.54. The maximum atomic E-state index is 13.5. The highest BCUT2D eigenvalue weighted by molar-refractivity contribution is 6.31. The summed E-state index contributed by atoms with van der Waals surface area (Å²) in [5, 5.41) is 16.2. The van der Waals surface area contributed by atoms with Crippen LogP contribution in [0.1, 0.15) is 18.9 Å². The van der Waals surface area contributed by atoms with Gasteiger partial charge in [0.25, 0.3) is 5.91 Å². The molecule has 4 aromatic rings. The number of carbonyl (C=O) groups is 2. The van der Waals surface area contributed by atoms with Crippen LogP contribution in [0.2, 0.25) is 10.0 Å². The predicted molar refractivity (Wildman–Crippen MR) is 140 cm³/mol. The highest BCUT2D eigenvalue weighted by Crippen LogP contribution is 2.23. The minimum Gasteiger partial charge on any atom is -0.350 e. The number of hydrogen-bond donors (Lipinski definition) is 1. The van der Waals surface area contributed by atoms with Crippen molar-refractivity contribution in [3.63, 3.8) is 0 Å². The SMILES string of the molecule is CCC(C(=O)NCc1ccc(F)cc1)N(C(=O)Cn1nnc(-c2ccc(Cl)cc2)n1)c1ccc(Cl)cc1. The van der Waals surface area contributed by atoms with Gasteiger partial charge in [0, 0.05) is 27.8 Å². The monoisotopic (exact) mass is 540 g/mol. The number of halogens is 3. The Bertz CT molecular complexity index is 1360. The normalized spacial score (nSPS) is 11.7. The molecule has 0 radical (unpaired) electrons. The van der Waals surface area contributed by atoms with Crippen molar-refractivity contribution >= 4 is 40.7 Å². The van der Waals surface area contributed by atoms with Gasteiger partial charge in [-0.05, 0) is 77.9 Å². The lowest BCUT2D eigenvalue weighted by atomic mass is 10.1. The van der Waals surface area contributed by atoms with Gasteiger partial charge < -0.3 is 5.32 Å². The maximum absolute atomic E-state index is 13.5. The van der Waals surface area contributed by atoms with E-state index in [4.69, 9.17) is 23.2 Å². The number of tetrazole rings is 1. The van der Waals surface area contributed by atoms with Gasteiger partial charge in [-0.3, -0.25) is 14.5 Å². The summed E-state index contributed by atoms with van der Waals surface area (Å²) < 4.78 is 13.2. The van der Waals surface area contributed by atoms with Crippen LogP contribution in [0.4, 0.5) is 10.1 Å². The topological polar surface area (TPSA) is 93.0 Å². The quantitative estimate of drug-likeness (QED) is 0.325. The summed E-state index contributed by atoms with van der Waals surface area (Å²) in [7, 11) is 0. The summed E-state index contributed by atoms with van der Waals surface area (Å²) in [4.78, 5) is 29.3. The Kier molecular flexibility index (Phi) is 8.47. The third-order valence-electron chi connectivity index (χ3n) is 5.59. The number of aromatic nitrogens is 4. The molecule has 1 heterocycles. The van der Waals surface area contributed by atoms with Crippen LogP contribution in [-0.2, 0) is 22.7 Å². The lowest BCUT2D eigenvalue weighted by Crippen LogP contribution is -2.50. The lowest BCUT2D eigenvalue weighted by Gasteiger charge is -2.30. The highest BCUT2D eigenvalue weighted by Gasteiger charge is 2.30. The standard InChI is InChI=1S/C26H23Cl2FN6O2/c1-2-23(26(37)30-15-17-3-11-21(29)12-4-17)35(22-13-9-20(28)10-14-22)24(36)16-34-32-25(31-33-34)18-5-7-19(27)8-6-18/h3-14,23H,2,15-16H2,1H3,(H,30,37). The van der Waals surface area contributed by atoms with Crippen molar-refractivity contribution in [2.45, 2.75) is 32.5 Å². The van der Waals surface area contributed by atoms with Crippen LogP contribution in [-0.4, -0.2) is 38.1 Å². The van der Waals surface area contributed by atoms with E-state index in [0.717, 1.165) is 5.56 Å². The van der Waals surface area contributed by atoms with Gasteiger partial charge in [0.2, 0.25) is 11.7 Å². The molecule has 0 bridgehead atoms. The second-order valence-electron chi connectivity index (χ2n) is 8.16. The fraction of sp³-hybridized carbons (Fsp3) is 0.192. The summed E-state index contributed by atoms with van der Waals surface area (Å²) in [5.74, 6) is -0.789. The van der Waals surface area contributed by atoms with Gasteiger partial charge in [-0.25, -0.2) is 4.39 Å². The van der Waals surface area contributed by atoms with E-state index in [1.54, 1.807) is 60.7 Å². The number of benzene rings is 3. The first-order chi connectivity index (χ1) is 17.8. The third-order valence-corrected chi connectivity index (χ3v) is 6.09. The first kappa shape index (κ1) is 26.2. The summed E-state index contributed by atoms with van der Waals surface area (Å²) in [5.41, 5.74) is 1.93. The molecule has 1 unspecified atom stereocenters. The molecule has 1 N–H and O–H groups in total. The minimum absolute atomic E-state index is 0.188. The van der Waals surface area contributed by atoms with Crippen molar-refractivity contribution < 1.29 is 14.0 Å². The molecule has 3 aromatic carbocycles. The average molecular weight is 541 g/mol. The van der Waals surface area contributed by atoms with E-state index in [1.165, 1.54) is 21.8 Å². The molecule has 37 heavy (non-hydrogen) atoms. The first-order valence-electron chi connectivity index (χ1n) is 11.5. The summed E-state index contributed by atoms with van der Waals surface area (Å²) in [6.07, 6.45) is 0.338. The molecule has 190 valence electrons. The number of hydrogen-bond acceptors (Lipinski definition) is 5. The van der Waals surface area contributed by atoms with Gasteiger partial charge in [0.05, 0.1) is 0 Å². The molecule has 11 heteroatoms. The van der Waals surface area contributed by atoms with Crippen molar-refractivity contribution in [2.24, 2.45) is 0 Å². The molecular formula is C26H23Cl2FN6O2. The van der Waals surface area contributed by atoms with E-state index in [-0.39, 0.29) is 24.8 Å². The number of anilines is 1. The van der Waals surface area contributed by atoms with Crippen LogP contribution in [0.3, 0.4) is 0 Å². The fourth-order valence-corrected chi connectivity index (χ4v) is 3.97. The largest absolute Gasteiger partial charge is 0.350 e. The fourth-order valence-electron chi connectivity index (χ4n) is 3.72. The van der Waals surface area contributed by atoms with Crippen molar-refractivity contribution in [2.75, 3.05) is 4.90 Å². The zero-order valence-corrected chi connectivity index (χ0v) is 21.3. The first-order valence-corrected chi connectivity index (χ1v) is 12.2. The van der Waals surface area contributed by atoms with E-state index in [1.807, 2.05) is 6.92 Å². The Hall–Kier alpha value is -3.82. The van der Waals surface area contributed by atoms with E-state index in [9.17, 15) is 14.0 Å². The zero-order valence-electron chi connectivity index (χ0n) is 19.8. The Morgan fingerprint density at radius 3 is 2.22 bits per heavy atom. The molecular weight excluding hydrogens is 518 g/mol. The number of nitrogens with one attached hydrogen (secondary N) is 1. The van der Waals surface area contributed by atoms with Crippen LogP contribution in [0.5, 0.6) is 0 Å². The number of nitrogens with zero attached hydrogens (tertiary/aromatic N) is 5. The number of amides is 2. The summed E-state index contributed by atoms with van der Waals surface area (Å²) in [6, 6.07) is 18.6. The second kappa shape index (κ2) is 11.9. The molecule has 4 rings (SSSR count). The average Bonchev–Trinajstić information content (AvgIpc) is 3.36. The van der Waals surface area contributed by atoms with Crippen LogP contribution in [0.15, 0.2) is 72.8 Å². The van der Waals surface area contributed by atoms with Crippen LogP contribution >= 0.6 is 23.2 Å². The molecule has 0 spiro atoms. The number of rotatable bonds is 9. The molecule has 1 atom stereocenters. The van der Waals surface area contributed by atoms with Crippen molar-refractivity contribution in [3.8, 4) is 11.4 Å². The molecule has 0 aliphatic heterocycles. The predicted octanol–water partition coefficient (Wildman–Crippen LogP) is 4.91. The van der Waals surface area contributed by atoms with Crippen LogP contribution < -0.4 is 10.2 Å². The molecule has 0 aliphatic carbocycles. The maximum Gasteiger partial charge on any atom is 0.251 e. The van der Waals surface area contributed by atoms with Crippen LogP contribution in [0, 0.1) is 5.82 Å². The van der Waals surface area contributed by atoms with E-state index in [0.29, 0.717) is 33.5 Å². The van der Waals surface area contributed by atoms with E-state index < -0.39 is 11.9 Å². The molecule has 2 amide bonds. The molecule has 0 aliphatic rings. The van der Waals surface area contributed by atoms with Crippen molar-refractivity contribution in [1.82, 2.24) is 25.5 Å². The molecule has 0 fully saturated rings. The molecule has 0 saturated heterocycles. The van der Waals surface area contributed by atoms with Gasteiger partial charge in [-0.2, -0.15) is 4.80 Å². The van der Waals surface area contributed by atoms with Crippen LogP contribution in [0.25, 0.3) is 11.4 Å². The van der Waals surface area contributed by atoms with Crippen molar-refractivity contribution in [1.29, 1.82) is 0 Å². The summed E-state index contributed by atoms with van der Waals surface area (Å²) >= 11 is 12.0. The van der Waals surface area contributed by atoms with E-state index in [2.05, 4.69) is 20.7 Å². The van der Waals surface area contributed by atoms with Gasteiger partial charge in [0.1, 0.15) is 18.4 Å².